The number of hydrogen-bond donors (Lipinski definition) is 1. The van der Waals surface area contributed by atoms with Crippen LogP contribution in [0.1, 0.15) is 15.9 Å². The lowest BCUT2D eigenvalue weighted by Gasteiger charge is -2.26. The van der Waals surface area contributed by atoms with Gasteiger partial charge in [0.05, 0.1) is 23.0 Å². The van der Waals surface area contributed by atoms with Crippen molar-refractivity contribution in [3.8, 4) is 0 Å². The first-order valence-corrected chi connectivity index (χ1v) is 9.97. The van der Waals surface area contributed by atoms with Crippen LogP contribution in [0, 0.1) is 17.0 Å². The summed E-state index contributed by atoms with van der Waals surface area (Å²) >= 11 is 0. The van der Waals surface area contributed by atoms with E-state index in [4.69, 9.17) is 4.74 Å². The molecule has 28 heavy (non-hydrogen) atoms. The number of sulfonamides is 1. The molecule has 1 heterocycles. The topological polar surface area (TPSA) is 119 Å². The molecule has 2 aromatic carbocycles. The number of ether oxygens (including phenoxy) is 1. The molecule has 0 unspecified atom stereocenters. The molecule has 0 bridgehead atoms. The Labute approximate surface area is 162 Å². The Morgan fingerprint density at radius 2 is 1.89 bits per heavy atom. The zero-order valence-electron chi connectivity index (χ0n) is 15.1. The van der Waals surface area contributed by atoms with Gasteiger partial charge in [0.25, 0.3) is 11.6 Å². The second kappa shape index (κ2) is 8.05. The van der Waals surface area contributed by atoms with Crippen LogP contribution in [-0.2, 0) is 14.8 Å². The Morgan fingerprint density at radius 3 is 2.57 bits per heavy atom. The van der Waals surface area contributed by atoms with Crippen LogP contribution in [0.15, 0.2) is 47.4 Å². The molecule has 0 aromatic heterocycles. The Bertz CT molecular complexity index is 1020. The standard InChI is InChI=1S/C18H19N3O6S/c1-13-5-6-15(12-17(13)21(23)24)19-18(22)14-3-2-4-16(11-14)28(25,26)20-7-9-27-10-8-20/h2-6,11-12H,7-10H2,1H3,(H,19,22). The van der Waals surface area contributed by atoms with Gasteiger partial charge in [-0.25, -0.2) is 8.42 Å². The second-order valence-corrected chi connectivity index (χ2v) is 8.19. The van der Waals surface area contributed by atoms with Gasteiger partial charge in [-0.15, -0.1) is 0 Å². The van der Waals surface area contributed by atoms with Gasteiger partial charge in [-0.05, 0) is 31.2 Å². The molecule has 0 radical (unpaired) electrons. The first-order valence-electron chi connectivity index (χ1n) is 8.53. The number of aryl methyl sites for hydroxylation is 1. The Kier molecular flexibility index (Phi) is 5.73. The number of carbonyl (C=O) groups is 1. The molecule has 1 amide bonds. The number of nitrogens with one attached hydrogen (secondary N) is 1. The number of nitrogens with zero attached hydrogens (tertiary/aromatic N) is 2. The molecular formula is C18H19N3O6S. The minimum absolute atomic E-state index is 0.0111. The molecule has 1 N–H and O–H groups in total. The number of nitro benzene ring substituents is 1. The maximum Gasteiger partial charge on any atom is 0.274 e. The highest BCUT2D eigenvalue weighted by molar-refractivity contribution is 7.89. The van der Waals surface area contributed by atoms with E-state index in [1.54, 1.807) is 13.0 Å². The summed E-state index contributed by atoms with van der Waals surface area (Å²) in [5.41, 5.74) is 0.754. The van der Waals surface area contributed by atoms with Gasteiger partial charge in [-0.1, -0.05) is 12.1 Å². The largest absolute Gasteiger partial charge is 0.379 e. The van der Waals surface area contributed by atoms with Gasteiger partial charge in [-0.2, -0.15) is 4.31 Å². The van der Waals surface area contributed by atoms with Crippen molar-refractivity contribution in [2.24, 2.45) is 0 Å². The van der Waals surface area contributed by atoms with Gasteiger partial charge in [0, 0.05) is 36.0 Å². The molecule has 1 aliphatic heterocycles. The molecule has 9 nitrogen and oxygen atoms in total. The molecule has 0 aliphatic carbocycles. The quantitative estimate of drug-likeness (QED) is 0.601. The normalized spacial score (nSPS) is 15.2. The zero-order valence-corrected chi connectivity index (χ0v) is 15.9. The van der Waals surface area contributed by atoms with E-state index in [0.717, 1.165) is 0 Å². The summed E-state index contributed by atoms with van der Waals surface area (Å²) in [6.07, 6.45) is 0. The van der Waals surface area contributed by atoms with Crippen LogP contribution < -0.4 is 5.32 Å². The molecule has 0 saturated carbocycles. The van der Waals surface area contributed by atoms with Crippen LogP contribution in [0.4, 0.5) is 11.4 Å². The SMILES string of the molecule is Cc1ccc(NC(=O)c2cccc(S(=O)(=O)N3CCOCC3)c2)cc1[N+](=O)[O-]. The molecule has 2 aromatic rings. The molecule has 148 valence electrons. The first kappa shape index (κ1) is 19.9. The summed E-state index contributed by atoms with van der Waals surface area (Å²) in [7, 11) is -3.73. The summed E-state index contributed by atoms with van der Waals surface area (Å²) < 4.78 is 32.0. The van der Waals surface area contributed by atoms with Crippen LogP contribution in [0.3, 0.4) is 0 Å². The Balaban J connectivity index is 1.83. The third-order valence-electron chi connectivity index (χ3n) is 4.37. The summed E-state index contributed by atoms with van der Waals surface area (Å²) in [5, 5.41) is 13.6. The third kappa shape index (κ3) is 4.19. The monoisotopic (exact) mass is 405 g/mol. The molecule has 3 rings (SSSR count). The van der Waals surface area contributed by atoms with E-state index in [1.807, 2.05) is 0 Å². The lowest BCUT2D eigenvalue weighted by Crippen LogP contribution is -2.40. The van der Waals surface area contributed by atoms with E-state index in [-0.39, 0.29) is 34.9 Å². The average molecular weight is 405 g/mol. The van der Waals surface area contributed by atoms with Crippen molar-refractivity contribution in [3.05, 3.63) is 63.7 Å². The molecule has 0 atom stereocenters. The number of benzene rings is 2. The highest BCUT2D eigenvalue weighted by Gasteiger charge is 2.27. The minimum Gasteiger partial charge on any atom is -0.379 e. The first-order chi connectivity index (χ1) is 13.3. The second-order valence-electron chi connectivity index (χ2n) is 6.26. The molecule has 0 spiro atoms. The van der Waals surface area contributed by atoms with E-state index in [1.165, 1.54) is 40.7 Å². The third-order valence-corrected chi connectivity index (χ3v) is 6.26. The Morgan fingerprint density at radius 1 is 1.18 bits per heavy atom. The van der Waals surface area contributed by atoms with Gasteiger partial charge in [-0.3, -0.25) is 14.9 Å². The van der Waals surface area contributed by atoms with Gasteiger partial charge in [0.15, 0.2) is 0 Å². The number of hydrogen-bond acceptors (Lipinski definition) is 6. The number of anilines is 1. The highest BCUT2D eigenvalue weighted by atomic mass is 32.2. The zero-order chi connectivity index (χ0) is 20.3. The smallest absolute Gasteiger partial charge is 0.274 e. The van der Waals surface area contributed by atoms with Crippen molar-refractivity contribution in [1.82, 2.24) is 4.31 Å². The van der Waals surface area contributed by atoms with Gasteiger partial charge in [0.1, 0.15) is 0 Å². The van der Waals surface area contributed by atoms with Crippen molar-refractivity contribution >= 4 is 27.3 Å². The molecule has 1 saturated heterocycles. The van der Waals surface area contributed by atoms with Gasteiger partial charge < -0.3 is 10.1 Å². The lowest BCUT2D eigenvalue weighted by molar-refractivity contribution is -0.385. The van der Waals surface area contributed by atoms with Crippen molar-refractivity contribution < 1.29 is 22.9 Å². The fourth-order valence-corrected chi connectivity index (χ4v) is 4.28. The van der Waals surface area contributed by atoms with Crippen molar-refractivity contribution in [2.45, 2.75) is 11.8 Å². The number of morpholine rings is 1. The number of nitro groups is 1. The predicted octanol–water partition coefficient (Wildman–Crippen LogP) is 2.18. The maximum absolute atomic E-state index is 12.7. The van der Waals surface area contributed by atoms with E-state index in [0.29, 0.717) is 18.8 Å². The summed E-state index contributed by atoms with van der Waals surface area (Å²) in [4.78, 5) is 23.1. The Hall–Kier alpha value is -2.82. The predicted molar refractivity (Wildman–Crippen MR) is 102 cm³/mol. The molecule has 1 aliphatic rings. The summed E-state index contributed by atoms with van der Waals surface area (Å²) in [6.45, 7) is 2.76. The highest BCUT2D eigenvalue weighted by Crippen LogP contribution is 2.23. The van der Waals surface area contributed by atoms with Crippen LogP contribution in [0.2, 0.25) is 0 Å². The maximum atomic E-state index is 12.7. The van der Waals surface area contributed by atoms with E-state index < -0.39 is 20.9 Å². The van der Waals surface area contributed by atoms with E-state index >= 15 is 0 Å². The van der Waals surface area contributed by atoms with E-state index in [2.05, 4.69) is 5.32 Å². The lowest BCUT2D eigenvalue weighted by atomic mass is 10.1. The fraction of sp³-hybridized carbons (Fsp3) is 0.278. The van der Waals surface area contributed by atoms with Crippen molar-refractivity contribution in [3.63, 3.8) is 0 Å². The summed E-state index contributed by atoms with van der Waals surface area (Å²) in [5.74, 6) is -0.558. The fourth-order valence-electron chi connectivity index (χ4n) is 2.82. The molecular weight excluding hydrogens is 386 g/mol. The molecule has 1 fully saturated rings. The van der Waals surface area contributed by atoms with Gasteiger partial charge >= 0.3 is 0 Å². The molecule has 10 heteroatoms. The van der Waals surface area contributed by atoms with Gasteiger partial charge in [0.2, 0.25) is 10.0 Å². The average Bonchev–Trinajstić information content (AvgIpc) is 2.70. The number of amides is 1. The van der Waals surface area contributed by atoms with Crippen LogP contribution >= 0.6 is 0 Å². The van der Waals surface area contributed by atoms with Crippen molar-refractivity contribution in [1.29, 1.82) is 0 Å². The van der Waals surface area contributed by atoms with Crippen LogP contribution in [0.25, 0.3) is 0 Å². The van der Waals surface area contributed by atoms with E-state index in [9.17, 15) is 23.3 Å². The van der Waals surface area contributed by atoms with Crippen LogP contribution in [-0.4, -0.2) is 49.9 Å². The number of rotatable bonds is 5. The summed E-state index contributed by atoms with van der Waals surface area (Å²) in [6, 6.07) is 10.0. The van der Waals surface area contributed by atoms with Crippen molar-refractivity contribution in [2.75, 3.05) is 31.6 Å². The minimum atomic E-state index is -3.73. The van der Waals surface area contributed by atoms with Crippen LogP contribution in [0.5, 0.6) is 0 Å². The number of carbonyl (C=O) groups excluding carboxylic acids is 1.